The molecule has 0 unspecified atom stereocenters. The predicted octanol–water partition coefficient (Wildman–Crippen LogP) is 1.65. The number of halogens is 2. The maximum Gasteiger partial charge on any atom is 0.246 e. The Hall–Kier alpha value is -1.05. The van der Waals surface area contributed by atoms with Gasteiger partial charge in [0.15, 0.2) is 0 Å². The van der Waals surface area contributed by atoms with Crippen LogP contribution in [0, 0.1) is 18.6 Å². The zero-order valence-electron chi connectivity index (χ0n) is 11.5. The van der Waals surface area contributed by atoms with E-state index in [0.29, 0.717) is 13.1 Å². The summed E-state index contributed by atoms with van der Waals surface area (Å²) >= 11 is 0. The summed E-state index contributed by atoms with van der Waals surface area (Å²) in [4.78, 5) is -0.580. The van der Waals surface area contributed by atoms with Crippen LogP contribution in [0.4, 0.5) is 8.78 Å². The first-order valence-corrected chi connectivity index (χ1v) is 7.94. The lowest BCUT2D eigenvalue weighted by Crippen LogP contribution is -2.41. The lowest BCUT2D eigenvalue weighted by Gasteiger charge is -2.24. The van der Waals surface area contributed by atoms with E-state index in [-0.39, 0.29) is 11.6 Å². The normalized spacial score (nSPS) is 20.5. The molecule has 1 fully saturated rings. The third kappa shape index (κ3) is 2.70. The lowest BCUT2D eigenvalue weighted by molar-refractivity contribution is 0.376. The largest absolute Gasteiger partial charge is 0.318 e. The third-order valence-corrected chi connectivity index (χ3v) is 5.53. The van der Waals surface area contributed by atoms with Gasteiger partial charge in [-0.25, -0.2) is 17.2 Å². The minimum absolute atomic E-state index is 0.0923. The van der Waals surface area contributed by atoms with Crippen LogP contribution in [-0.4, -0.2) is 38.9 Å². The molecular formula is C13H18F2N2O2S. The molecule has 0 aromatic heterocycles. The Bertz CT molecular complexity index is 605. The van der Waals surface area contributed by atoms with Crippen molar-refractivity contribution < 1.29 is 17.2 Å². The highest BCUT2D eigenvalue weighted by atomic mass is 32.2. The average Bonchev–Trinajstić information content (AvgIpc) is 2.83. The van der Waals surface area contributed by atoms with Crippen molar-refractivity contribution in [3.05, 3.63) is 29.3 Å². The standard InChI is InChI=1S/C13H18F2N2O2S/c1-9-6-12(15)13(7-11(9)14)20(18,19)17-5-3-4-10(17)8-16-2/h6-7,10,16H,3-5,8H2,1-2H3/t10-/m0/s1. The Labute approximate surface area is 117 Å². The van der Waals surface area contributed by atoms with Crippen molar-refractivity contribution >= 4 is 10.0 Å². The molecule has 112 valence electrons. The molecule has 1 saturated heterocycles. The van der Waals surface area contributed by atoms with Crippen LogP contribution in [0.15, 0.2) is 17.0 Å². The Kier molecular flexibility index (Phi) is 4.41. The fraction of sp³-hybridized carbons (Fsp3) is 0.538. The zero-order valence-corrected chi connectivity index (χ0v) is 12.3. The number of nitrogens with one attached hydrogen (secondary N) is 1. The molecule has 1 N–H and O–H groups in total. The summed E-state index contributed by atoms with van der Waals surface area (Å²) < 4.78 is 53.7. The van der Waals surface area contributed by atoms with Gasteiger partial charge < -0.3 is 5.32 Å². The SMILES string of the molecule is CNC[C@@H]1CCCN1S(=O)(=O)c1cc(F)c(C)cc1F. The number of hydrogen-bond acceptors (Lipinski definition) is 3. The Balaban J connectivity index is 2.42. The quantitative estimate of drug-likeness (QED) is 0.920. The molecule has 1 aliphatic heterocycles. The molecule has 0 spiro atoms. The second-order valence-corrected chi connectivity index (χ2v) is 6.86. The first-order chi connectivity index (χ1) is 9.37. The first kappa shape index (κ1) is 15.3. The third-order valence-electron chi connectivity index (χ3n) is 3.56. The number of hydrogen-bond donors (Lipinski definition) is 1. The van der Waals surface area contributed by atoms with Crippen LogP contribution >= 0.6 is 0 Å². The van der Waals surface area contributed by atoms with Gasteiger partial charge in [-0.1, -0.05) is 0 Å². The van der Waals surface area contributed by atoms with E-state index in [1.165, 1.54) is 11.2 Å². The molecule has 4 nitrogen and oxygen atoms in total. The van der Waals surface area contributed by atoms with Gasteiger partial charge in [0.1, 0.15) is 16.5 Å². The molecule has 1 heterocycles. The number of rotatable bonds is 4. The van der Waals surface area contributed by atoms with E-state index in [2.05, 4.69) is 5.32 Å². The Morgan fingerprint density at radius 1 is 1.35 bits per heavy atom. The van der Waals surface area contributed by atoms with E-state index in [1.807, 2.05) is 0 Å². The van der Waals surface area contributed by atoms with Crippen molar-refractivity contribution in [1.82, 2.24) is 9.62 Å². The van der Waals surface area contributed by atoms with Crippen LogP contribution in [-0.2, 0) is 10.0 Å². The Morgan fingerprint density at radius 2 is 2.05 bits per heavy atom. The average molecular weight is 304 g/mol. The summed E-state index contributed by atoms with van der Waals surface area (Å²) in [6.07, 6.45) is 1.44. The van der Waals surface area contributed by atoms with Gasteiger partial charge in [-0.2, -0.15) is 4.31 Å². The number of nitrogens with zero attached hydrogens (tertiary/aromatic N) is 1. The van der Waals surface area contributed by atoms with E-state index in [4.69, 9.17) is 0 Å². The maximum atomic E-state index is 13.9. The van der Waals surface area contributed by atoms with Crippen LogP contribution in [0.5, 0.6) is 0 Å². The fourth-order valence-corrected chi connectivity index (χ4v) is 4.27. The molecule has 0 aliphatic carbocycles. The van der Waals surface area contributed by atoms with Crippen molar-refractivity contribution in [3.8, 4) is 0 Å². The van der Waals surface area contributed by atoms with E-state index in [1.54, 1.807) is 7.05 Å². The molecule has 1 aliphatic rings. The molecule has 0 saturated carbocycles. The minimum atomic E-state index is -4.00. The summed E-state index contributed by atoms with van der Waals surface area (Å²) in [6, 6.07) is 1.48. The summed E-state index contributed by atoms with van der Waals surface area (Å²) in [5.41, 5.74) is 0.0923. The highest BCUT2D eigenvalue weighted by Crippen LogP contribution is 2.28. The van der Waals surface area contributed by atoms with Crippen molar-refractivity contribution in [1.29, 1.82) is 0 Å². The van der Waals surface area contributed by atoms with Crippen molar-refractivity contribution in [2.24, 2.45) is 0 Å². The van der Waals surface area contributed by atoms with Gasteiger partial charge in [0.05, 0.1) is 0 Å². The van der Waals surface area contributed by atoms with E-state index < -0.39 is 26.6 Å². The topological polar surface area (TPSA) is 49.4 Å². The van der Waals surface area contributed by atoms with Crippen molar-refractivity contribution in [2.45, 2.75) is 30.7 Å². The second kappa shape index (κ2) is 5.75. The molecule has 2 rings (SSSR count). The van der Waals surface area contributed by atoms with Gasteiger partial charge >= 0.3 is 0 Å². The zero-order chi connectivity index (χ0) is 14.9. The minimum Gasteiger partial charge on any atom is -0.318 e. The van der Waals surface area contributed by atoms with E-state index in [0.717, 1.165) is 25.0 Å². The van der Waals surface area contributed by atoms with Crippen LogP contribution in [0.25, 0.3) is 0 Å². The number of sulfonamides is 1. The first-order valence-electron chi connectivity index (χ1n) is 6.50. The molecular weight excluding hydrogens is 286 g/mol. The van der Waals surface area contributed by atoms with Crippen LogP contribution < -0.4 is 5.32 Å². The number of benzene rings is 1. The van der Waals surface area contributed by atoms with Crippen molar-refractivity contribution in [3.63, 3.8) is 0 Å². The van der Waals surface area contributed by atoms with Gasteiger partial charge in [-0.3, -0.25) is 0 Å². The number of aryl methyl sites for hydroxylation is 1. The predicted molar refractivity (Wildman–Crippen MR) is 71.9 cm³/mol. The number of likely N-dealkylation sites (N-methyl/N-ethyl adjacent to an activating group) is 1. The summed E-state index contributed by atoms with van der Waals surface area (Å²) in [5, 5.41) is 2.92. The van der Waals surface area contributed by atoms with Gasteiger partial charge in [0.25, 0.3) is 0 Å². The molecule has 1 atom stereocenters. The smallest absolute Gasteiger partial charge is 0.246 e. The highest BCUT2D eigenvalue weighted by Gasteiger charge is 2.36. The summed E-state index contributed by atoms with van der Waals surface area (Å²) in [7, 11) is -2.27. The molecule has 0 radical (unpaired) electrons. The lowest BCUT2D eigenvalue weighted by atomic mass is 10.2. The van der Waals surface area contributed by atoms with E-state index >= 15 is 0 Å². The highest BCUT2D eigenvalue weighted by molar-refractivity contribution is 7.89. The molecule has 20 heavy (non-hydrogen) atoms. The van der Waals surface area contributed by atoms with Crippen LogP contribution in [0.3, 0.4) is 0 Å². The van der Waals surface area contributed by atoms with Crippen LogP contribution in [0.2, 0.25) is 0 Å². The van der Waals surface area contributed by atoms with Crippen molar-refractivity contribution in [2.75, 3.05) is 20.1 Å². The summed E-state index contributed by atoms with van der Waals surface area (Å²) in [6.45, 7) is 2.23. The molecule has 7 heteroatoms. The molecule has 1 aromatic carbocycles. The van der Waals surface area contributed by atoms with Gasteiger partial charge in [0.2, 0.25) is 10.0 Å². The monoisotopic (exact) mass is 304 g/mol. The molecule has 1 aromatic rings. The Morgan fingerprint density at radius 3 is 2.70 bits per heavy atom. The van der Waals surface area contributed by atoms with Gasteiger partial charge in [0, 0.05) is 19.1 Å². The van der Waals surface area contributed by atoms with E-state index in [9.17, 15) is 17.2 Å². The maximum absolute atomic E-state index is 13.9. The van der Waals surface area contributed by atoms with Crippen LogP contribution in [0.1, 0.15) is 18.4 Å². The second-order valence-electron chi connectivity index (χ2n) is 5.00. The van der Waals surface area contributed by atoms with Gasteiger partial charge in [-0.05, 0) is 44.5 Å². The summed E-state index contributed by atoms with van der Waals surface area (Å²) in [5.74, 6) is -1.62. The van der Waals surface area contributed by atoms with Gasteiger partial charge in [-0.15, -0.1) is 0 Å². The molecule has 0 bridgehead atoms. The molecule has 0 amide bonds. The fourth-order valence-electron chi connectivity index (χ4n) is 2.52.